The number of esters is 1. The molecule has 6 rings (SSSR count). The Hall–Kier alpha value is -6.46. The SMILES string of the molecule is CN(C)c1cc(NC(=O)CN(C(=O)OCOC(=O)C(c2ccccc2)c2ccccc2)C(C)(C)C)c(O)c2c1C[C@H]1C[C@H]3[C@H](N(C)C)C(=O)C(C(N)=O)C(=O)[C@@]3(O)C(=O)C1C2=O. The number of hydrogen-bond acceptors (Lipinski definition) is 14. The monoisotopic (exact) mass is 853 g/mol. The summed E-state index contributed by atoms with van der Waals surface area (Å²) in [5.41, 5.74) is 2.98. The van der Waals surface area contributed by atoms with E-state index in [0.717, 1.165) is 4.90 Å². The summed E-state index contributed by atoms with van der Waals surface area (Å²) in [6.07, 6.45) is -1.12. The van der Waals surface area contributed by atoms with Crippen LogP contribution < -0.4 is 16.0 Å². The molecule has 3 aromatic rings. The van der Waals surface area contributed by atoms with Crippen LogP contribution in [0.5, 0.6) is 5.75 Å². The molecule has 2 saturated carbocycles. The third kappa shape index (κ3) is 8.04. The number of nitrogens with two attached hydrogens (primary N) is 1. The maximum atomic E-state index is 14.5. The first-order valence-electron chi connectivity index (χ1n) is 20.0. The van der Waals surface area contributed by atoms with Gasteiger partial charge in [-0.3, -0.25) is 43.4 Å². The quantitative estimate of drug-likeness (QED) is 0.0938. The van der Waals surface area contributed by atoms with Gasteiger partial charge in [-0.1, -0.05) is 60.7 Å². The average Bonchev–Trinajstić information content (AvgIpc) is 3.19. The van der Waals surface area contributed by atoms with E-state index in [9.17, 15) is 48.6 Å². The Kier molecular flexibility index (Phi) is 12.5. The second-order valence-corrected chi connectivity index (χ2v) is 17.4. The first kappa shape index (κ1) is 45.1. The second kappa shape index (κ2) is 17.1. The van der Waals surface area contributed by atoms with Crippen LogP contribution in [0.15, 0.2) is 66.7 Å². The smallest absolute Gasteiger partial charge is 0.413 e. The average molecular weight is 854 g/mol. The van der Waals surface area contributed by atoms with Crippen molar-refractivity contribution in [2.75, 3.05) is 51.7 Å². The third-order valence-corrected chi connectivity index (χ3v) is 12.0. The highest BCUT2D eigenvalue weighted by atomic mass is 16.7. The number of aromatic hydroxyl groups is 1. The number of amides is 3. The fourth-order valence-electron chi connectivity index (χ4n) is 9.11. The number of rotatable bonds is 11. The first-order valence-corrected chi connectivity index (χ1v) is 20.0. The normalized spacial score (nSPS) is 23.2. The Morgan fingerprint density at radius 2 is 1.48 bits per heavy atom. The summed E-state index contributed by atoms with van der Waals surface area (Å²) in [6.45, 7) is 3.54. The van der Waals surface area contributed by atoms with Crippen molar-refractivity contribution in [2.45, 2.75) is 56.7 Å². The van der Waals surface area contributed by atoms with Gasteiger partial charge in [-0.2, -0.15) is 0 Å². The van der Waals surface area contributed by atoms with Crippen LogP contribution >= 0.6 is 0 Å². The number of phenols is 1. The summed E-state index contributed by atoms with van der Waals surface area (Å²) in [5.74, 6) is -14.6. The highest BCUT2D eigenvalue weighted by Gasteiger charge is 2.69. The van der Waals surface area contributed by atoms with E-state index in [-0.39, 0.29) is 24.1 Å². The molecule has 0 saturated heterocycles. The van der Waals surface area contributed by atoms with Gasteiger partial charge in [0, 0.05) is 31.2 Å². The van der Waals surface area contributed by atoms with E-state index in [0.29, 0.717) is 22.4 Å². The molecule has 17 heteroatoms. The van der Waals surface area contributed by atoms with E-state index in [2.05, 4.69) is 5.32 Å². The van der Waals surface area contributed by atoms with E-state index in [1.165, 1.54) is 25.1 Å². The Bertz CT molecular complexity index is 2290. The summed E-state index contributed by atoms with van der Waals surface area (Å²) in [5, 5.41) is 26.2. The van der Waals surface area contributed by atoms with Crippen molar-refractivity contribution in [3.8, 4) is 5.75 Å². The Morgan fingerprint density at radius 1 is 0.903 bits per heavy atom. The first-order chi connectivity index (χ1) is 29.1. The zero-order valence-corrected chi connectivity index (χ0v) is 35.5. The van der Waals surface area contributed by atoms with E-state index < -0.39 is 113 Å². The molecule has 0 aromatic heterocycles. The fraction of sp³-hybridized carbons (Fsp3) is 0.422. The molecule has 3 aliphatic carbocycles. The number of primary amides is 1. The molecule has 3 aliphatic rings. The highest BCUT2D eigenvalue weighted by molar-refractivity contribution is 6.32. The topological polar surface area (TPSA) is 243 Å². The zero-order chi connectivity index (χ0) is 45.6. The standard InChI is InChI=1S/C45H51N5O12/c1-44(2,3)50(43(59)62-22-61-42(58)31(23-14-10-8-11-15-23)24-16-12-9-13-17-24)21-30(51)47-28-20-29(48(4)5)26-18-25-19-27-35(49(6)7)38(54)34(41(46)57)40(56)45(27,60)39(55)32(25)37(53)33(26)36(28)52/h8-17,20,25,27,31-32,34-35,52,60H,18-19,21-22H2,1-7H3,(H2,46,57)(H,47,51)/t25-,27-,32?,34?,35-,45-/m0/s1. The number of anilines is 2. The summed E-state index contributed by atoms with van der Waals surface area (Å²) < 4.78 is 10.7. The number of ketones is 4. The maximum Gasteiger partial charge on any atom is 0.413 e. The van der Waals surface area contributed by atoms with Crippen molar-refractivity contribution >= 4 is 58.4 Å². The summed E-state index contributed by atoms with van der Waals surface area (Å²) in [4.78, 5) is 113. The molecular weight excluding hydrogens is 803 g/mol. The summed E-state index contributed by atoms with van der Waals surface area (Å²) in [6, 6.07) is 18.1. The van der Waals surface area contributed by atoms with Crippen molar-refractivity contribution in [2.24, 2.45) is 29.4 Å². The van der Waals surface area contributed by atoms with Crippen molar-refractivity contribution in [3.05, 3.63) is 89.0 Å². The molecule has 2 unspecified atom stereocenters. The van der Waals surface area contributed by atoms with Crippen LogP contribution in [0.2, 0.25) is 0 Å². The maximum absolute atomic E-state index is 14.5. The summed E-state index contributed by atoms with van der Waals surface area (Å²) >= 11 is 0. The van der Waals surface area contributed by atoms with Gasteiger partial charge in [-0.05, 0) is 76.4 Å². The molecule has 2 fully saturated rings. The molecule has 3 aromatic carbocycles. The Morgan fingerprint density at radius 3 is 2.00 bits per heavy atom. The lowest BCUT2D eigenvalue weighted by atomic mass is 9.52. The number of phenolic OH excluding ortho intramolecular Hbond substituents is 1. The van der Waals surface area contributed by atoms with Crippen LogP contribution in [0.4, 0.5) is 16.2 Å². The van der Waals surface area contributed by atoms with Gasteiger partial charge in [0.25, 0.3) is 0 Å². The van der Waals surface area contributed by atoms with E-state index in [4.69, 9.17) is 15.2 Å². The van der Waals surface area contributed by atoms with Gasteiger partial charge >= 0.3 is 12.1 Å². The Labute approximate surface area is 358 Å². The number of Topliss-reactive ketones (excluding diaryl/α,β-unsaturated/α-hetero) is 4. The van der Waals surface area contributed by atoms with Crippen LogP contribution in [0.1, 0.15) is 60.2 Å². The number of aliphatic hydroxyl groups is 1. The van der Waals surface area contributed by atoms with Crippen LogP contribution in [0.25, 0.3) is 0 Å². The molecule has 6 atom stereocenters. The largest absolute Gasteiger partial charge is 0.505 e. The number of nitrogens with zero attached hydrogens (tertiary/aromatic N) is 3. The number of carbonyl (C=O) groups is 8. The van der Waals surface area contributed by atoms with Crippen LogP contribution in [0, 0.1) is 23.7 Å². The lowest BCUT2D eigenvalue weighted by molar-refractivity contribution is -0.181. The molecule has 17 nitrogen and oxygen atoms in total. The van der Waals surface area contributed by atoms with Gasteiger partial charge in [0.1, 0.15) is 18.2 Å². The number of nitrogens with one attached hydrogen (secondary N) is 1. The molecule has 328 valence electrons. The molecule has 5 N–H and O–H groups in total. The molecule has 62 heavy (non-hydrogen) atoms. The minimum atomic E-state index is -2.91. The zero-order valence-electron chi connectivity index (χ0n) is 35.5. The molecule has 3 amide bonds. The minimum absolute atomic E-state index is 0.00674. The highest BCUT2D eigenvalue weighted by Crippen LogP contribution is 2.53. The predicted octanol–water partition coefficient (Wildman–Crippen LogP) is 2.44. The van der Waals surface area contributed by atoms with Gasteiger partial charge in [0.2, 0.25) is 18.6 Å². The van der Waals surface area contributed by atoms with Crippen molar-refractivity contribution < 1.29 is 58.0 Å². The Balaban J connectivity index is 1.22. The minimum Gasteiger partial charge on any atom is -0.505 e. The predicted molar refractivity (Wildman–Crippen MR) is 223 cm³/mol. The second-order valence-electron chi connectivity index (χ2n) is 17.4. The van der Waals surface area contributed by atoms with Crippen molar-refractivity contribution in [3.63, 3.8) is 0 Å². The van der Waals surface area contributed by atoms with E-state index >= 15 is 0 Å². The molecule has 0 spiro atoms. The van der Waals surface area contributed by atoms with Gasteiger partial charge in [0.15, 0.2) is 34.7 Å². The number of carbonyl (C=O) groups excluding carboxylic acids is 8. The van der Waals surface area contributed by atoms with Crippen LogP contribution in [-0.4, -0.2) is 126 Å². The lowest BCUT2D eigenvalue weighted by Crippen LogP contribution is -2.74. The molecule has 0 aliphatic heterocycles. The summed E-state index contributed by atoms with van der Waals surface area (Å²) in [7, 11) is 6.33. The third-order valence-electron chi connectivity index (χ3n) is 12.0. The van der Waals surface area contributed by atoms with Gasteiger partial charge in [-0.15, -0.1) is 0 Å². The molecule has 0 heterocycles. The van der Waals surface area contributed by atoms with E-state index in [1.807, 2.05) is 12.1 Å². The van der Waals surface area contributed by atoms with Gasteiger partial charge in [0.05, 0.1) is 23.2 Å². The van der Waals surface area contributed by atoms with Gasteiger partial charge < -0.3 is 35.6 Å². The lowest BCUT2D eigenvalue weighted by Gasteiger charge is -2.52. The van der Waals surface area contributed by atoms with Crippen molar-refractivity contribution in [1.29, 1.82) is 0 Å². The van der Waals surface area contributed by atoms with Gasteiger partial charge in [-0.25, -0.2) is 4.79 Å². The number of benzene rings is 3. The number of likely N-dealkylation sites (N-methyl/N-ethyl adjacent to an activating group) is 1. The fourth-order valence-corrected chi connectivity index (χ4v) is 9.11. The number of fused-ring (bicyclic) bond motifs is 3. The molecular formula is C45H51N5O12. The van der Waals surface area contributed by atoms with Crippen molar-refractivity contribution in [1.82, 2.24) is 9.80 Å². The molecule has 0 radical (unpaired) electrons. The van der Waals surface area contributed by atoms with Crippen LogP contribution in [0.3, 0.4) is 0 Å². The number of ether oxygens (including phenoxy) is 2. The van der Waals surface area contributed by atoms with Crippen LogP contribution in [-0.2, 0) is 44.7 Å². The number of hydrogen-bond donors (Lipinski definition) is 4. The molecule has 0 bridgehead atoms. The van der Waals surface area contributed by atoms with E-state index in [1.54, 1.807) is 88.3 Å².